The molecule has 670 valence electrons. The Bertz CT molecular complexity index is 6360. The zero-order valence-corrected chi connectivity index (χ0v) is 75.2. The first-order valence-electron chi connectivity index (χ1n) is 43.9. The average Bonchev–Trinajstić information content (AvgIpc) is 1.19. The standard InChI is InChI=1S/C100H105N9O17S3/c1-6-106-85-48-44-74(128(118,119)120)63-79(85)99(2,3)91(106)39-16-11-17-40-92-100(4,5)80-64-75(129(121,122)123)45-49-86(80)109(92)55-27-8-7-18-41-93(111)101-54-26-25-35-81(102-96(113)82(60-67-28-12-9-13-29-67)103-97(114)124-65-68-30-14-10-15-31-68)87(110)66-125-98(115)104-95(112)71-50-56-105(57-51-71)127(116,117)90-38-24-21-34-78(90)94-76-46-42-72(107-58-52-69-32-19-22-36-83(69)107)61-88(76)126-89-62-73(43-47-77(89)94)108-59-53-70-33-20-23-37-84(70)108/h9-17,19-24,28-34,36-40,42-49,61-64,71,81-82H,6-8,18,25-27,35,41,50-60,65-66H2,1-5H3,(H4-2,101,102,103,104,111,112,113,114,115,118,119,120,121,122,123)/p+2/t81-,82-/m1/s1. The summed E-state index contributed by atoms with van der Waals surface area (Å²) < 4.78 is 121. The molecular formula is C100H107N9O17S3+2. The molecule has 0 spiro atoms. The number of nitrogens with zero attached hydrogens (tertiary/aromatic N) is 5. The summed E-state index contributed by atoms with van der Waals surface area (Å²) in [6.07, 6.45) is 13.0. The summed E-state index contributed by atoms with van der Waals surface area (Å²) in [5.41, 5.74) is 13.9. The Labute approximate surface area is 752 Å². The summed E-state index contributed by atoms with van der Waals surface area (Å²) in [4.78, 5) is 89.6. The molecule has 0 bridgehead atoms. The van der Waals surface area contributed by atoms with E-state index in [1.807, 2.05) is 144 Å². The molecule has 0 radical (unpaired) electrons. The number of fused-ring (bicyclic) bond motifs is 6. The molecule has 5 aliphatic rings. The van der Waals surface area contributed by atoms with Gasteiger partial charge in [0.05, 0.1) is 60.4 Å². The van der Waals surface area contributed by atoms with Crippen LogP contribution in [0, 0.1) is 5.92 Å². The first-order chi connectivity index (χ1) is 61.9. The second-order valence-electron chi connectivity index (χ2n) is 34.3. The molecule has 6 N–H and O–H groups in total. The van der Waals surface area contributed by atoms with Crippen LogP contribution in [-0.4, -0.2) is 149 Å². The number of unbranched alkanes of at least 4 members (excludes halogenated alkanes) is 4. The highest BCUT2D eigenvalue weighted by atomic mass is 32.2. The number of allylic oxidation sites excluding steroid dienone is 6. The van der Waals surface area contributed by atoms with Gasteiger partial charge in [-0.25, -0.2) is 22.4 Å². The molecule has 26 nitrogen and oxygen atoms in total. The summed E-state index contributed by atoms with van der Waals surface area (Å²) in [7, 11) is -13.2. The van der Waals surface area contributed by atoms with Crippen LogP contribution in [0.25, 0.3) is 33.1 Å². The van der Waals surface area contributed by atoms with Gasteiger partial charge in [-0.2, -0.15) is 25.7 Å². The largest absolute Gasteiger partial charge is 0.445 e. The molecule has 2 atom stereocenters. The third-order valence-electron chi connectivity index (χ3n) is 25.2. The predicted octanol–water partition coefficient (Wildman–Crippen LogP) is 16.8. The Hall–Kier alpha value is -12.5. The molecule has 5 aliphatic heterocycles. The SMILES string of the molecule is CC[N+]1=C(/C=C/C=C/C=C2/N(CCCCCCC(=O)NCCCC[C@@H](NC(=O)[C@@H](Cc3ccccc3)NC(=O)OCc3ccccc3)C(=O)COC(=O)NC(=O)C3CCN(S(=O)(=O)c4ccccc4-c4c5ccc(N6CCc7ccccc76)cc5[o+]c5cc(N6CCc7ccccc76)ccc45)CC3)c3ccc(S(=O)(=O)O)cc3C2(C)C)C(C)(C)c2cc(S(=O)(=O)O)ccc21. The van der Waals surface area contributed by atoms with Crippen molar-refractivity contribution < 1.29 is 81.6 Å². The van der Waals surface area contributed by atoms with Crippen LogP contribution >= 0.6 is 0 Å². The van der Waals surface area contributed by atoms with Crippen LogP contribution in [0.4, 0.5) is 43.7 Å². The first kappa shape index (κ1) is 91.2. The number of imide groups is 1. The van der Waals surface area contributed by atoms with Crippen molar-refractivity contribution in [2.75, 3.05) is 67.1 Å². The highest BCUT2D eigenvalue weighted by molar-refractivity contribution is 7.89. The van der Waals surface area contributed by atoms with Gasteiger partial charge >= 0.3 is 23.4 Å². The Morgan fingerprint density at radius 1 is 0.574 bits per heavy atom. The zero-order valence-electron chi connectivity index (χ0n) is 72.8. The lowest BCUT2D eigenvalue weighted by atomic mass is 9.81. The third-order valence-corrected chi connectivity index (χ3v) is 28.9. The lowest BCUT2D eigenvalue weighted by Gasteiger charge is -2.31. The fraction of sp³-hybridized carbons (Fsp3) is 0.320. The monoisotopic (exact) mass is 1800 g/mol. The van der Waals surface area contributed by atoms with Crippen LogP contribution in [0.1, 0.15) is 132 Å². The molecule has 1 fully saturated rings. The van der Waals surface area contributed by atoms with Crippen LogP contribution in [0.5, 0.6) is 0 Å². The number of rotatable bonds is 34. The maximum Gasteiger partial charge on any atom is 0.414 e. The Morgan fingerprint density at radius 2 is 1.17 bits per heavy atom. The number of ether oxygens (including phenoxy) is 2. The van der Waals surface area contributed by atoms with Crippen molar-refractivity contribution in [3.05, 3.63) is 276 Å². The van der Waals surface area contributed by atoms with Crippen molar-refractivity contribution in [3.63, 3.8) is 0 Å². The summed E-state index contributed by atoms with van der Waals surface area (Å²) in [5, 5.41) is 12.1. The second-order valence-corrected chi connectivity index (χ2v) is 39.0. The van der Waals surface area contributed by atoms with Crippen LogP contribution < -0.4 is 36.0 Å². The van der Waals surface area contributed by atoms with Gasteiger partial charge in [0.25, 0.3) is 20.2 Å². The number of hydrogen-bond donors (Lipinski definition) is 6. The third kappa shape index (κ3) is 20.5. The first-order valence-corrected chi connectivity index (χ1v) is 48.2. The van der Waals surface area contributed by atoms with Crippen molar-refractivity contribution >= 4 is 128 Å². The number of sulfonamides is 1. The highest BCUT2D eigenvalue weighted by Crippen LogP contribution is 2.50. The lowest BCUT2D eigenvalue weighted by molar-refractivity contribution is -0.433. The van der Waals surface area contributed by atoms with E-state index in [0.717, 1.165) is 83.4 Å². The number of nitrogens with one attached hydrogen (secondary N) is 4. The van der Waals surface area contributed by atoms with Gasteiger partial charge in [0, 0.05) is 115 Å². The van der Waals surface area contributed by atoms with Crippen molar-refractivity contribution in [2.45, 2.75) is 162 Å². The van der Waals surface area contributed by atoms with Crippen LogP contribution in [-0.2, 0) is 95.6 Å². The smallest absolute Gasteiger partial charge is 0.414 e. The Kier molecular flexibility index (Phi) is 27.7. The summed E-state index contributed by atoms with van der Waals surface area (Å²) in [6.45, 7) is 11.8. The molecule has 29 heteroatoms. The molecule has 0 saturated carbocycles. The second kappa shape index (κ2) is 39.2. The number of ketones is 1. The minimum absolute atomic E-state index is 0.00101. The number of amides is 5. The maximum atomic E-state index is 15.3. The van der Waals surface area contributed by atoms with Gasteiger partial charge in [-0.05, 0) is 185 Å². The quantitative estimate of drug-likeness (QED) is 0.00545. The number of para-hydroxylation sites is 2. The van der Waals surface area contributed by atoms with Gasteiger partial charge in [-0.3, -0.25) is 33.6 Å². The normalized spacial score (nSPS) is 16.3. The minimum atomic E-state index is -4.52. The van der Waals surface area contributed by atoms with Crippen molar-refractivity contribution in [3.8, 4) is 11.1 Å². The number of anilines is 5. The molecule has 10 aromatic rings. The van der Waals surface area contributed by atoms with Crippen molar-refractivity contribution in [1.29, 1.82) is 0 Å². The summed E-state index contributed by atoms with van der Waals surface area (Å²) in [6, 6.07) is 60.3. The molecule has 9 aromatic carbocycles. The maximum absolute atomic E-state index is 15.3. The van der Waals surface area contributed by atoms with E-state index < -0.39 is 95.5 Å². The van der Waals surface area contributed by atoms with E-state index in [4.69, 9.17) is 13.9 Å². The topological polar surface area (TPSA) is 339 Å². The molecule has 1 aromatic heterocycles. The molecular weight excluding hydrogens is 1700 g/mol. The number of carbonyl (C=O) groups excluding carboxylic acids is 6. The lowest BCUT2D eigenvalue weighted by Crippen LogP contribution is -2.53. The van der Waals surface area contributed by atoms with Crippen molar-refractivity contribution in [2.24, 2.45) is 5.92 Å². The molecule has 6 heterocycles. The van der Waals surface area contributed by atoms with E-state index in [1.54, 1.807) is 78.9 Å². The van der Waals surface area contributed by atoms with E-state index >= 15 is 8.42 Å². The molecule has 129 heavy (non-hydrogen) atoms. The average molecular weight is 1800 g/mol. The Morgan fingerprint density at radius 3 is 1.81 bits per heavy atom. The van der Waals surface area contributed by atoms with Gasteiger partial charge in [-0.15, -0.1) is 0 Å². The predicted molar refractivity (Wildman–Crippen MR) is 497 cm³/mol. The number of hydrogen-bond acceptors (Lipinski definition) is 17. The van der Waals surface area contributed by atoms with Gasteiger partial charge in [0.15, 0.2) is 18.1 Å². The molecule has 0 unspecified atom stereocenters. The van der Waals surface area contributed by atoms with Gasteiger partial charge in [-0.1, -0.05) is 160 Å². The molecule has 1 saturated heterocycles. The number of carbonyl (C=O) groups is 6. The molecule has 0 aliphatic carbocycles. The molecule has 5 amide bonds. The fourth-order valence-electron chi connectivity index (χ4n) is 18.4. The van der Waals surface area contributed by atoms with Gasteiger partial charge < -0.3 is 40.1 Å². The number of benzene rings is 9. The van der Waals surface area contributed by atoms with Crippen LogP contribution in [0.2, 0.25) is 0 Å². The van der Waals surface area contributed by atoms with E-state index in [1.165, 1.54) is 39.7 Å². The highest BCUT2D eigenvalue weighted by Gasteiger charge is 2.46. The van der Waals surface area contributed by atoms with Gasteiger partial charge in [0.2, 0.25) is 33.4 Å². The van der Waals surface area contributed by atoms with Crippen LogP contribution in [0.15, 0.2) is 261 Å². The summed E-state index contributed by atoms with van der Waals surface area (Å²) >= 11 is 0. The number of alkyl carbamates (subject to hydrolysis) is 2. The van der Waals surface area contributed by atoms with E-state index in [-0.39, 0.29) is 85.4 Å². The van der Waals surface area contributed by atoms with Crippen LogP contribution in [0.3, 0.4) is 0 Å². The van der Waals surface area contributed by atoms with E-state index in [0.29, 0.717) is 88.5 Å². The van der Waals surface area contributed by atoms with Gasteiger partial charge in [0.1, 0.15) is 19.2 Å². The van der Waals surface area contributed by atoms with E-state index in [9.17, 15) is 54.7 Å². The summed E-state index contributed by atoms with van der Waals surface area (Å²) in [5.74, 6) is -3.22. The number of piperidine rings is 1. The minimum Gasteiger partial charge on any atom is -0.445 e. The van der Waals surface area contributed by atoms with E-state index in [2.05, 4.69) is 64.8 Å². The fourth-order valence-corrected chi connectivity index (χ4v) is 21.1. The number of Topliss-reactive ketones (excluding diaryl/α,β-unsaturated/α-hetero) is 1. The zero-order chi connectivity index (χ0) is 90.9. The Balaban J connectivity index is 0.565. The van der Waals surface area contributed by atoms with Crippen molar-refractivity contribution in [1.82, 2.24) is 25.6 Å². The molecule has 15 rings (SSSR count).